The number of hydrogen-bond donors (Lipinski definition) is 2. The van der Waals surface area contributed by atoms with Crippen LogP contribution in [0.1, 0.15) is 16.8 Å². The van der Waals surface area contributed by atoms with Gasteiger partial charge in [-0.1, -0.05) is 0 Å². The quantitative estimate of drug-likeness (QED) is 0.499. The van der Waals surface area contributed by atoms with E-state index in [1.165, 1.54) is 23.1 Å². The van der Waals surface area contributed by atoms with Gasteiger partial charge >= 0.3 is 5.97 Å². The Hall–Kier alpha value is -3.57. The standard InChI is InChI=1S/C15H14F2N4O6/c16-13(17)8-27-12-4-10(3-11(5-12)21(25)26)19-15(24)9-6-18-20(7-9)2-1-14(22)23/h3-7,13H,1-2,8H2,(H,19,24)(H,22,23). The zero-order valence-electron chi connectivity index (χ0n) is 13.7. The van der Waals surface area contributed by atoms with Crippen LogP contribution < -0.4 is 10.1 Å². The van der Waals surface area contributed by atoms with E-state index in [1.54, 1.807) is 0 Å². The summed E-state index contributed by atoms with van der Waals surface area (Å²) in [6, 6.07) is 3.17. The summed E-state index contributed by atoms with van der Waals surface area (Å²) in [7, 11) is 0. The summed E-state index contributed by atoms with van der Waals surface area (Å²) in [5, 5.41) is 25.8. The third-order valence-corrected chi connectivity index (χ3v) is 3.19. The van der Waals surface area contributed by atoms with Crippen LogP contribution in [-0.4, -0.2) is 44.7 Å². The number of hydrogen-bond acceptors (Lipinski definition) is 6. The molecule has 10 nitrogen and oxygen atoms in total. The first-order valence-corrected chi connectivity index (χ1v) is 7.50. The number of nitrogens with one attached hydrogen (secondary N) is 1. The Morgan fingerprint density at radius 3 is 2.74 bits per heavy atom. The third kappa shape index (κ3) is 6.02. The number of carboxylic acids is 1. The monoisotopic (exact) mass is 384 g/mol. The second-order valence-corrected chi connectivity index (χ2v) is 5.26. The predicted octanol–water partition coefficient (Wildman–Crippen LogP) is 2.16. The normalized spacial score (nSPS) is 10.6. The molecule has 2 aromatic rings. The Morgan fingerprint density at radius 1 is 1.37 bits per heavy atom. The lowest BCUT2D eigenvalue weighted by Crippen LogP contribution is -2.12. The molecule has 0 atom stereocenters. The van der Waals surface area contributed by atoms with Crippen molar-refractivity contribution in [3.63, 3.8) is 0 Å². The maximum atomic E-state index is 12.3. The molecule has 27 heavy (non-hydrogen) atoms. The highest BCUT2D eigenvalue weighted by Gasteiger charge is 2.15. The number of rotatable bonds is 9. The van der Waals surface area contributed by atoms with E-state index in [9.17, 15) is 28.5 Å². The number of amides is 1. The molecule has 0 unspecified atom stereocenters. The predicted molar refractivity (Wildman–Crippen MR) is 87.0 cm³/mol. The van der Waals surface area contributed by atoms with Gasteiger partial charge in [0, 0.05) is 18.3 Å². The van der Waals surface area contributed by atoms with Gasteiger partial charge in [0.15, 0.2) is 0 Å². The van der Waals surface area contributed by atoms with E-state index in [-0.39, 0.29) is 30.0 Å². The number of alkyl halides is 2. The lowest BCUT2D eigenvalue weighted by Gasteiger charge is -2.09. The third-order valence-electron chi connectivity index (χ3n) is 3.19. The van der Waals surface area contributed by atoms with E-state index >= 15 is 0 Å². The first-order chi connectivity index (χ1) is 12.7. The number of anilines is 1. The highest BCUT2D eigenvalue weighted by atomic mass is 19.3. The number of halogens is 2. The van der Waals surface area contributed by atoms with Gasteiger partial charge in [0.2, 0.25) is 0 Å². The van der Waals surface area contributed by atoms with Crippen molar-refractivity contribution in [2.24, 2.45) is 0 Å². The molecule has 0 radical (unpaired) electrons. The number of aliphatic carboxylic acids is 1. The van der Waals surface area contributed by atoms with Gasteiger partial charge in [0.1, 0.15) is 12.4 Å². The van der Waals surface area contributed by atoms with Crippen molar-refractivity contribution in [3.8, 4) is 5.75 Å². The van der Waals surface area contributed by atoms with Gasteiger partial charge in [0.05, 0.1) is 41.4 Å². The number of non-ortho nitro benzene ring substituents is 1. The molecule has 2 rings (SSSR count). The minimum Gasteiger partial charge on any atom is -0.487 e. The smallest absolute Gasteiger partial charge is 0.305 e. The molecular formula is C15H14F2N4O6. The summed E-state index contributed by atoms with van der Waals surface area (Å²) in [6.45, 7) is -0.893. The Balaban J connectivity index is 2.13. The van der Waals surface area contributed by atoms with Crippen molar-refractivity contribution in [2.45, 2.75) is 19.4 Å². The van der Waals surface area contributed by atoms with Crippen molar-refractivity contribution >= 4 is 23.3 Å². The molecule has 0 fully saturated rings. The Morgan fingerprint density at radius 2 is 2.11 bits per heavy atom. The molecule has 0 aliphatic carbocycles. The van der Waals surface area contributed by atoms with Gasteiger partial charge in [-0.15, -0.1) is 0 Å². The number of nitro groups is 1. The number of nitro benzene ring substituents is 1. The van der Waals surface area contributed by atoms with Crippen LogP contribution >= 0.6 is 0 Å². The highest BCUT2D eigenvalue weighted by Crippen LogP contribution is 2.26. The molecule has 1 aromatic heterocycles. The van der Waals surface area contributed by atoms with Crippen LogP contribution in [-0.2, 0) is 11.3 Å². The second kappa shape index (κ2) is 8.69. The van der Waals surface area contributed by atoms with Gasteiger partial charge in [-0.25, -0.2) is 8.78 Å². The van der Waals surface area contributed by atoms with Crippen molar-refractivity contribution in [2.75, 3.05) is 11.9 Å². The zero-order chi connectivity index (χ0) is 20.0. The van der Waals surface area contributed by atoms with Crippen LogP contribution in [0.4, 0.5) is 20.2 Å². The zero-order valence-corrected chi connectivity index (χ0v) is 13.7. The SMILES string of the molecule is O=C(O)CCn1cc(C(=O)Nc2cc(OCC(F)F)cc([N+](=O)[O-])c2)cn1. The van der Waals surface area contributed by atoms with Crippen LogP contribution in [0.5, 0.6) is 5.75 Å². The number of ether oxygens (including phenoxy) is 1. The average Bonchev–Trinajstić information content (AvgIpc) is 3.07. The first kappa shape index (κ1) is 19.8. The molecule has 12 heteroatoms. The molecule has 0 aliphatic heterocycles. The van der Waals surface area contributed by atoms with E-state index in [4.69, 9.17) is 9.84 Å². The van der Waals surface area contributed by atoms with Crippen LogP contribution in [0.25, 0.3) is 0 Å². The minimum atomic E-state index is -2.76. The van der Waals surface area contributed by atoms with Crippen molar-refractivity contribution in [1.82, 2.24) is 9.78 Å². The number of aryl methyl sites for hydroxylation is 1. The van der Waals surface area contributed by atoms with E-state index in [0.29, 0.717) is 0 Å². The number of nitrogens with zero attached hydrogens (tertiary/aromatic N) is 3. The van der Waals surface area contributed by atoms with Crippen LogP contribution in [0, 0.1) is 10.1 Å². The summed E-state index contributed by atoms with van der Waals surface area (Å²) in [5.41, 5.74) is -0.395. The van der Waals surface area contributed by atoms with E-state index in [2.05, 4.69) is 10.4 Å². The Bertz CT molecular complexity index is 855. The largest absolute Gasteiger partial charge is 0.487 e. The van der Waals surface area contributed by atoms with E-state index in [1.807, 2.05) is 0 Å². The maximum absolute atomic E-state index is 12.3. The van der Waals surface area contributed by atoms with Gasteiger partial charge in [0.25, 0.3) is 18.0 Å². The van der Waals surface area contributed by atoms with Crippen LogP contribution in [0.2, 0.25) is 0 Å². The molecule has 0 aliphatic rings. The molecule has 0 saturated heterocycles. The Kier molecular flexibility index (Phi) is 6.36. The molecule has 1 amide bonds. The number of benzene rings is 1. The summed E-state index contributed by atoms with van der Waals surface area (Å²) in [5.74, 6) is -1.89. The van der Waals surface area contributed by atoms with Gasteiger partial charge in [-0.2, -0.15) is 5.10 Å². The fourth-order valence-electron chi connectivity index (χ4n) is 2.02. The average molecular weight is 384 g/mol. The van der Waals surface area contributed by atoms with Crippen LogP contribution in [0.15, 0.2) is 30.6 Å². The van der Waals surface area contributed by atoms with Crippen molar-refractivity contribution < 1.29 is 33.1 Å². The lowest BCUT2D eigenvalue weighted by molar-refractivity contribution is -0.384. The van der Waals surface area contributed by atoms with E-state index < -0.39 is 35.5 Å². The summed E-state index contributed by atoms with van der Waals surface area (Å²) in [6.07, 6.45) is -0.440. The first-order valence-electron chi connectivity index (χ1n) is 7.50. The summed E-state index contributed by atoms with van der Waals surface area (Å²) < 4.78 is 30.5. The fraction of sp³-hybridized carbons (Fsp3) is 0.267. The lowest BCUT2D eigenvalue weighted by atomic mass is 10.2. The summed E-state index contributed by atoms with van der Waals surface area (Å²) >= 11 is 0. The van der Waals surface area contributed by atoms with Gasteiger partial charge in [-0.05, 0) is 0 Å². The molecule has 0 spiro atoms. The number of carboxylic acid groups (broad SMARTS) is 1. The molecule has 2 N–H and O–H groups in total. The van der Waals surface area contributed by atoms with Gasteiger partial charge in [-0.3, -0.25) is 24.4 Å². The maximum Gasteiger partial charge on any atom is 0.305 e. The minimum absolute atomic E-state index is 0.0308. The molecule has 1 aromatic carbocycles. The Labute approximate surface area is 150 Å². The van der Waals surface area contributed by atoms with Gasteiger partial charge < -0.3 is 15.2 Å². The molecule has 0 saturated carbocycles. The number of carbonyl (C=O) groups excluding carboxylic acids is 1. The summed E-state index contributed by atoms with van der Waals surface area (Å²) in [4.78, 5) is 32.9. The van der Waals surface area contributed by atoms with E-state index in [0.717, 1.165) is 12.1 Å². The molecule has 0 bridgehead atoms. The second-order valence-electron chi connectivity index (χ2n) is 5.26. The van der Waals surface area contributed by atoms with Crippen LogP contribution in [0.3, 0.4) is 0 Å². The molecular weight excluding hydrogens is 370 g/mol. The molecule has 1 heterocycles. The van der Waals surface area contributed by atoms with Crippen molar-refractivity contribution in [1.29, 1.82) is 0 Å². The fourth-order valence-corrected chi connectivity index (χ4v) is 2.02. The topological polar surface area (TPSA) is 137 Å². The van der Waals surface area contributed by atoms with Crippen molar-refractivity contribution in [3.05, 3.63) is 46.3 Å². The highest BCUT2D eigenvalue weighted by molar-refractivity contribution is 6.04. The number of aromatic nitrogens is 2. The molecule has 144 valence electrons. The number of carbonyl (C=O) groups is 2.